The Hall–Kier alpha value is -2.02. The molecule has 3 aromatic rings. The number of aryl methyl sites for hydroxylation is 1. The van der Waals surface area contributed by atoms with E-state index in [0.717, 1.165) is 28.4 Å². The van der Waals surface area contributed by atoms with Gasteiger partial charge in [0.2, 0.25) is 5.88 Å². The molecule has 0 amide bonds. The minimum atomic E-state index is -0.288. The number of aliphatic hydroxyl groups is 1. The molecule has 0 fully saturated rings. The van der Waals surface area contributed by atoms with Crippen molar-refractivity contribution >= 4 is 22.9 Å². The molecule has 0 radical (unpaired) electrons. The Morgan fingerprint density at radius 2 is 2.14 bits per heavy atom. The van der Waals surface area contributed by atoms with Gasteiger partial charge in [0.15, 0.2) is 0 Å². The third-order valence-electron chi connectivity index (χ3n) is 5.50. The van der Waals surface area contributed by atoms with E-state index in [2.05, 4.69) is 40.3 Å². The third-order valence-corrected chi connectivity index (χ3v) is 6.95. The first-order valence-electron chi connectivity index (χ1n) is 9.81. The highest BCUT2D eigenvalue weighted by Crippen LogP contribution is 2.49. The lowest BCUT2D eigenvalue weighted by Gasteiger charge is -2.27. The van der Waals surface area contributed by atoms with Crippen LogP contribution in [0, 0.1) is 6.92 Å². The Kier molecular flexibility index (Phi) is 5.60. The molecule has 152 valence electrons. The van der Waals surface area contributed by atoms with E-state index < -0.39 is 0 Å². The van der Waals surface area contributed by atoms with Crippen molar-refractivity contribution in [1.29, 1.82) is 0 Å². The van der Waals surface area contributed by atoms with Crippen molar-refractivity contribution in [3.63, 3.8) is 0 Å². The predicted octanol–water partition coefficient (Wildman–Crippen LogP) is 4.96. The van der Waals surface area contributed by atoms with Crippen LogP contribution >= 0.6 is 22.9 Å². The monoisotopic (exact) mass is 429 g/mol. The quantitative estimate of drug-likeness (QED) is 0.599. The second kappa shape index (κ2) is 8.01. The lowest BCUT2D eigenvalue weighted by molar-refractivity contribution is 0.233. The van der Waals surface area contributed by atoms with Gasteiger partial charge in [-0.1, -0.05) is 41.1 Å². The van der Waals surface area contributed by atoms with E-state index in [0.29, 0.717) is 17.3 Å². The van der Waals surface area contributed by atoms with Crippen LogP contribution < -0.4 is 4.74 Å². The van der Waals surface area contributed by atoms with Crippen LogP contribution in [-0.4, -0.2) is 33.0 Å². The molecule has 0 saturated heterocycles. The summed E-state index contributed by atoms with van der Waals surface area (Å²) in [4.78, 5) is 4.35. The topological polar surface area (TPSA) is 68.1 Å². The number of pyridine rings is 1. The number of fused-ring (bicyclic) bond motifs is 1. The number of aliphatic hydroxyl groups excluding tert-OH is 1. The van der Waals surface area contributed by atoms with Crippen LogP contribution in [0.4, 0.5) is 0 Å². The number of aromatic nitrogens is 3. The second-order valence-electron chi connectivity index (χ2n) is 7.75. The number of nitrogens with zero attached hydrogens (tertiary/aromatic N) is 3. The number of halogens is 1. The van der Waals surface area contributed by atoms with Crippen molar-refractivity contribution in [2.75, 3.05) is 6.61 Å². The number of hydrogen-bond acceptors (Lipinski definition) is 6. The van der Waals surface area contributed by atoms with Gasteiger partial charge < -0.3 is 9.84 Å². The molecule has 1 atom stereocenters. The normalized spacial score (nSPS) is 18.3. The molecule has 0 unspecified atom stereocenters. The maximum atomic E-state index is 9.83. The predicted molar refractivity (Wildman–Crippen MR) is 116 cm³/mol. The number of hydrogen-bond donors (Lipinski definition) is 1. The molecule has 29 heavy (non-hydrogen) atoms. The van der Waals surface area contributed by atoms with Crippen LogP contribution in [0.25, 0.3) is 10.6 Å². The first kappa shape index (κ1) is 20.3. The van der Waals surface area contributed by atoms with Gasteiger partial charge in [0, 0.05) is 18.4 Å². The summed E-state index contributed by atoms with van der Waals surface area (Å²) in [6.45, 7) is 6.13. The lowest BCUT2D eigenvalue weighted by Crippen LogP contribution is -2.26. The number of ether oxygens (including phenoxy) is 1. The zero-order valence-electron chi connectivity index (χ0n) is 16.8. The zero-order valence-corrected chi connectivity index (χ0v) is 18.3. The number of rotatable bonds is 6. The van der Waals surface area contributed by atoms with Gasteiger partial charge in [-0.05, 0) is 62.8 Å². The Morgan fingerprint density at radius 1 is 1.31 bits per heavy atom. The Balaban J connectivity index is 1.72. The van der Waals surface area contributed by atoms with Gasteiger partial charge in [-0.25, -0.2) is 4.98 Å². The van der Waals surface area contributed by atoms with Crippen molar-refractivity contribution in [2.45, 2.75) is 51.6 Å². The van der Waals surface area contributed by atoms with Crippen molar-refractivity contribution in [3.05, 3.63) is 57.2 Å². The van der Waals surface area contributed by atoms with Gasteiger partial charge in [0.25, 0.3) is 0 Å². The van der Waals surface area contributed by atoms with E-state index in [1.165, 1.54) is 16.7 Å². The molecular formula is C22H24ClN3O2S. The van der Waals surface area contributed by atoms with Gasteiger partial charge in [-0.2, -0.15) is 0 Å². The van der Waals surface area contributed by atoms with E-state index in [1.807, 2.05) is 19.9 Å². The molecule has 1 aliphatic rings. The zero-order chi connectivity index (χ0) is 20.6. The molecule has 4 rings (SSSR count). The third kappa shape index (κ3) is 3.65. The van der Waals surface area contributed by atoms with E-state index in [1.54, 1.807) is 17.5 Å². The summed E-state index contributed by atoms with van der Waals surface area (Å²) < 4.78 is 5.62. The molecule has 1 aromatic carbocycles. The summed E-state index contributed by atoms with van der Waals surface area (Å²) >= 11 is 7.90. The van der Waals surface area contributed by atoms with Gasteiger partial charge in [-0.15, -0.1) is 10.2 Å². The molecule has 0 saturated carbocycles. The molecule has 1 N–H and O–H groups in total. The highest BCUT2D eigenvalue weighted by Gasteiger charge is 2.43. The summed E-state index contributed by atoms with van der Waals surface area (Å²) in [5, 5.41) is 21.0. The molecule has 2 heterocycles. The van der Waals surface area contributed by atoms with Crippen molar-refractivity contribution in [3.8, 4) is 16.5 Å². The maximum Gasteiger partial charge on any atom is 0.232 e. The van der Waals surface area contributed by atoms with Gasteiger partial charge in [-0.3, -0.25) is 0 Å². The van der Waals surface area contributed by atoms with Crippen LogP contribution in [0.2, 0.25) is 5.02 Å². The van der Waals surface area contributed by atoms with E-state index >= 15 is 0 Å². The summed E-state index contributed by atoms with van der Waals surface area (Å²) in [6, 6.07) is 8.23. The van der Waals surface area contributed by atoms with Crippen LogP contribution in [0.1, 0.15) is 48.4 Å². The summed E-state index contributed by atoms with van der Waals surface area (Å²) in [5.74, 6) is 0.423. The van der Waals surface area contributed by atoms with Gasteiger partial charge in [0.1, 0.15) is 15.0 Å². The van der Waals surface area contributed by atoms with Crippen LogP contribution in [0.15, 0.2) is 30.5 Å². The summed E-state index contributed by atoms with van der Waals surface area (Å²) in [7, 11) is 0. The van der Waals surface area contributed by atoms with Crippen LogP contribution in [-0.2, 0) is 11.8 Å². The largest absolute Gasteiger partial charge is 0.474 e. The molecule has 1 aliphatic carbocycles. The standard InChI is InChI=1S/C22H24ClN3O2S/c1-13(2)28-19-18(23)11-15(12-24-19)20-25-26-21(29-20)22(9-10-27)8-7-16-14(3)5-4-6-17(16)22/h4-6,11-13,27H,7-10H2,1-3H3/t22-/m1/s1. The average molecular weight is 430 g/mol. The molecule has 7 heteroatoms. The fourth-order valence-corrected chi connectivity index (χ4v) is 5.42. The first-order chi connectivity index (χ1) is 13.9. The average Bonchev–Trinajstić information content (AvgIpc) is 3.31. The first-order valence-corrected chi connectivity index (χ1v) is 11.0. The summed E-state index contributed by atoms with van der Waals surface area (Å²) in [6.07, 6.45) is 4.29. The van der Waals surface area contributed by atoms with Crippen molar-refractivity contribution < 1.29 is 9.84 Å². The molecule has 0 bridgehead atoms. The Labute approximate surface area is 179 Å². The molecule has 2 aromatic heterocycles. The van der Waals surface area contributed by atoms with Crippen LogP contribution in [0.5, 0.6) is 5.88 Å². The van der Waals surface area contributed by atoms with Crippen molar-refractivity contribution in [2.24, 2.45) is 0 Å². The Morgan fingerprint density at radius 3 is 2.86 bits per heavy atom. The summed E-state index contributed by atoms with van der Waals surface area (Å²) in [5.41, 5.74) is 4.47. The fraction of sp³-hybridized carbons (Fsp3) is 0.409. The van der Waals surface area contributed by atoms with E-state index in [9.17, 15) is 5.11 Å². The number of benzene rings is 1. The van der Waals surface area contributed by atoms with E-state index in [-0.39, 0.29) is 18.1 Å². The fourth-order valence-electron chi connectivity index (χ4n) is 4.12. The van der Waals surface area contributed by atoms with Gasteiger partial charge in [0.05, 0.1) is 11.5 Å². The molecular weight excluding hydrogens is 406 g/mol. The minimum Gasteiger partial charge on any atom is -0.474 e. The Bertz CT molecular complexity index is 1040. The SMILES string of the molecule is Cc1cccc2c1CC[C@]2(CCO)c1nnc(-c2cnc(OC(C)C)c(Cl)c2)s1. The smallest absolute Gasteiger partial charge is 0.232 e. The molecule has 0 spiro atoms. The minimum absolute atomic E-state index is 0.00298. The lowest BCUT2D eigenvalue weighted by atomic mass is 9.79. The molecule has 5 nitrogen and oxygen atoms in total. The van der Waals surface area contributed by atoms with Crippen molar-refractivity contribution in [1.82, 2.24) is 15.2 Å². The molecule has 0 aliphatic heterocycles. The highest BCUT2D eigenvalue weighted by atomic mass is 35.5. The van der Waals surface area contributed by atoms with Gasteiger partial charge >= 0.3 is 0 Å². The van der Waals surface area contributed by atoms with E-state index in [4.69, 9.17) is 16.3 Å². The highest BCUT2D eigenvalue weighted by molar-refractivity contribution is 7.14. The van der Waals surface area contributed by atoms with Crippen LogP contribution in [0.3, 0.4) is 0 Å². The second-order valence-corrected chi connectivity index (χ2v) is 9.13. The maximum absolute atomic E-state index is 9.83.